The highest BCUT2D eigenvalue weighted by Gasteiger charge is 2.16. The van der Waals surface area contributed by atoms with Crippen LogP contribution in [0, 0.1) is 5.92 Å². The summed E-state index contributed by atoms with van der Waals surface area (Å²) in [5.41, 5.74) is 0. The fourth-order valence-electron chi connectivity index (χ4n) is 1.08. The molecule has 0 saturated heterocycles. The third kappa shape index (κ3) is 2.27. The Bertz CT molecular complexity index is 299. The highest BCUT2D eigenvalue weighted by Crippen LogP contribution is 2.29. The van der Waals surface area contributed by atoms with E-state index < -0.39 is 0 Å². The molecular formula is C8H13N5. The first-order valence-electron chi connectivity index (χ1n) is 4.49. The third-order valence-electron chi connectivity index (χ3n) is 2.03. The van der Waals surface area contributed by atoms with E-state index in [0.717, 1.165) is 12.5 Å². The lowest BCUT2D eigenvalue weighted by Gasteiger charge is -1.98. The highest BCUT2D eigenvalue weighted by molar-refractivity contribution is 5.22. The lowest BCUT2D eigenvalue weighted by Crippen LogP contribution is -2.05. The van der Waals surface area contributed by atoms with E-state index in [9.17, 15) is 0 Å². The Morgan fingerprint density at radius 2 is 2.46 bits per heavy atom. The quantitative estimate of drug-likeness (QED) is 0.687. The molecule has 1 N–H and O–H groups in total. The molecule has 1 fully saturated rings. The van der Waals surface area contributed by atoms with Crippen molar-refractivity contribution in [2.24, 2.45) is 13.0 Å². The van der Waals surface area contributed by atoms with E-state index in [-0.39, 0.29) is 0 Å². The van der Waals surface area contributed by atoms with Gasteiger partial charge in [0.25, 0.3) is 0 Å². The SMILES string of the molecule is Cn1nnnc1NC/C=C/C1CC1. The van der Waals surface area contributed by atoms with Crippen LogP contribution in [0.25, 0.3) is 0 Å². The topological polar surface area (TPSA) is 55.6 Å². The second kappa shape index (κ2) is 3.55. The zero-order chi connectivity index (χ0) is 9.10. The van der Waals surface area contributed by atoms with Gasteiger partial charge >= 0.3 is 0 Å². The van der Waals surface area contributed by atoms with E-state index in [4.69, 9.17) is 0 Å². The van der Waals surface area contributed by atoms with Crippen LogP contribution in [0.4, 0.5) is 5.95 Å². The molecule has 1 aliphatic carbocycles. The Hall–Kier alpha value is -1.39. The Kier molecular flexibility index (Phi) is 2.25. The molecule has 13 heavy (non-hydrogen) atoms. The molecule has 0 bridgehead atoms. The molecule has 5 heteroatoms. The minimum atomic E-state index is 0.709. The number of nitrogens with one attached hydrogen (secondary N) is 1. The maximum Gasteiger partial charge on any atom is 0.242 e. The molecule has 0 radical (unpaired) electrons. The van der Waals surface area contributed by atoms with Crippen LogP contribution in [0.2, 0.25) is 0 Å². The smallest absolute Gasteiger partial charge is 0.242 e. The van der Waals surface area contributed by atoms with Crippen LogP contribution in [0.15, 0.2) is 12.2 Å². The van der Waals surface area contributed by atoms with Crippen LogP contribution in [0.1, 0.15) is 12.8 Å². The van der Waals surface area contributed by atoms with Gasteiger partial charge < -0.3 is 5.32 Å². The van der Waals surface area contributed by atoms with E-state index in [0.29, 0.717) is 5.95 Å². The Morgan fingerprint density at radius 1 is 1.62 bits per heavy atom. The van der Waals surface area contributed by atoms with E-state index in [1.54, 1.807) is 4.68 Å². The first-order chi connectivity index (χ1) is 6.36. The monoisotopic (exact) mass is 179 g/mol. The number of rotatable bonds is 4. The third-order valence-corrected chi connectivity index (χ3v) is 2.03. The number of anilines is 1. The number of hydrogen-bond acceptors (Lipinski definition) is 4. The van der Waals surface area contributed by atoms with Gasteiger partial charge in [-0.2, -0.15) is 0 Å². The van der Waals surface area contributed by atoms with E-state index in [1.807, 2.05) is 7.05 Å². The molecule has 1 saturated carbocycles. The van der Waals surface area contributed by atoms with Crippen molar-refractivity contribution in [2.75, 3.05) is 11.9 Å². The lowest BCUT2D eigenvalue weighted by atomic mass is 10.4. The number of nitrogens with zero attached hydrogens (tertiary/aromatic N) is 4. The molecule has 0 aromatic carbocycles. The lowest BCUT2D eigenvalue weighted by molar-refractivity contribution is 0.713. The van der Waals surface area contributed by atoms with E-state index >= 15 is 0 Å². The largest absolute Gasteiger partial charge is 0.350 e. The maximum atomic E-state index is 3.80. The predicted molar refractivity (Wildman–Crippen MR) is 49.2 cm³/mol. The Balaban J connectivity index is 1.75. The van der Waals surface area contributed by atoms with Crippen molar-refractivity contribution in [2.45, 2.75) is 12.8 Å². The summed E-state index contributed by atoms with van der Waals surface area (Å²) < 4.78 is 1.62. The molecule has 1 heterocycles. The summed E-state index contributed by atoms with van der Waals surface area (Å²) in [6.45, 7) is 0.796. The van der Waals surface area contributed by atoms with Crippen LogP contribution in [-0.2, 0) is 7.05 Å². The average Bonchev–Trinajstić information content (AvgIpc) is 2.86. The summed E-state index contributed by atoms with van der Waals surface area (Å²) in [4.78, 5) is 0. The van der Waals surface area contributed by atoms with Gasteiger partial charge in [0.2, 0.25) is 5.95 Å². The van der Waals surface area contributed by atoms with Crippen molar-refractivity contribution in [3.63, 3.8) is 0 Å². The summed E-state index contributed by atoms with van der Waals surface area (Å²) in [6.07, 6.45) is 7.08. The molecule has 5 nitrogen and oxygen atoms in total. The van der Waals surface area contributed by atoms with Gasteiger partial charge in [-0.15, -0.1) is 0 Å². The normalized spacial score (nSPS) is 16.7. The fraction of sp³-hybridized carbons (Fsp3) is 0.625. The van der Waals surface area contributed by atoms with Crippen LogP contribution >= 0.6 is 0 Å². The molecule has 1 aromatic heterocycles. The molecule has 0 atom stereocenters. The molecule has 0 aliphatic heterocycles. The number of aromatic nitrogens is 4. The van der Waals surface area contributed by atoms with Crippen LogP contribution in [0.3, 0.4) is 0 Å². The molecule has 0 amide bonds. The summed E-state index contributed by atoms with van der Waals surface area (Å²) in [6, 6.07) is 0. The Morgan fingerprint density at radius 3 is 3.08 bits per heavy atom. The molecule has 70 valence electrons. The summed E-state index contributed by atoms with van der Waals surface area (Å²) in [7, 11) is 1.81. The summed E-state index contributed by atoms with van der Waals surface area (Å²) >= 11 is 0. The molecular weight excluding hydrogens is 166 g/mol. The van der Waals surface area contributed by atoms with Crippen molar-refractivity contribution in [1.82, 2.24) is 20.2 Å². The van der Waals surface area contributed by atoms with Gasteiger partial charge in [-0.05, 0) is 29.2 Å². The van der Waals surface area contributed by atoms with Crippen LogP contribution in [-0.4, -0.2) is 26.8 Å². The fourth-order valence-corrected chi connectivity index (χ4v) is 1.08. The van der Waals surface area contributed by atoms with Gasteiger partial charge in [-0.3, -0.25) is 0 Å². The minimum Gasteiger partial charge on any atom is -0.350 e. The molecule has 1 aromatic rings. The number of hydrogen-bond donors (Lipinski definition) is 1. The summed E-state index contributed by atoms with van der Waals surface area (Å²) in [5, 5.41) is 14.2. The minimum absolute atomic E-state index is 0.709. The molecule has 1 aliphatic rings. The van der Waals surface area contributed by atoms with Gasteiger partial charge in [0.05, 0.1) is 0 Å². The van der Waals surface area contributed by atoms with E-state index in [2.05, 4.69) is 33.0 Å². The van der Waals surface area contributed by atoms with Gasteiger partial charge in [0.15, 0.2) is 0 Å². The van der Waals surface area contributed by atoms with Gasteiger partial charge in [-0.25, -0.2) is 4.68 Å². The van der Waals surface area contributed by atoms with Gasteiger partial charge in [0.1, 0.15) is 0 Å². The standard InChI is InChI=1S/C8H13N5/c1-13-8(10-11-12-13)9-6-2-3-7-4-5-7/h2-3,7H,4-6H2,1H3,(H,9,10,12)/b3-2+. The number of allylic oxidation sites excluding steroid dienone is 1. The van der Waals surface area contributed by atoms with Gasteiger partial charge in [-0.1, -0.05) is 17.3 Å². The van der Waals surface area contributed by atoms with Crippen LogP contribution in [0.5, 0.6) is 0 Å². The molecule has 0 unspecified atom stereocenters. The second-order valence-electron chi connectivity index (χ2n) is 3.27. The maximum absolute atomic E-state index is 3.80. The van der Waals surface area contributed by atoms with Crippen molar-refractivity contribution in [1.29, 1.82) is 0 Å². The molecule has 0 spiro atoms. The van der Waals surface area contributed by atoms with E-state index in [1.165, 1.54) is 12.8 Å². The second-order valence-corrected chi connectivity index (χ2v) is 3.27. The first-order valence-corrected chi connectivity index (χ1v) is 4.49. The molecule has 2 rings (SSSR count). The predicted octanol–water partition coefficient (Wildman–Crippen LogP) is 0.588. The Labute approximate surface area is 76.8 Å². The highest BCUT2D eigenvalue weighted by atomic mass is 15.6. The summed E-state index contributed by atoms with van der Waals surface area (Å²) in [5.74, 6) is 1.54. The van der Waals surface area contributed by atoms with Crippen LogP contribution < -0.4 is 5.32 Å². The van der Waals surface area contributed by atoms with Crippen molar-refractivity contribution >= 4 is 5.95 Å². The average molecular weight is 179 g/mol. The number of tetrazole rings is 1. The van der Waals surface area contributed by atoms with Crippen molar-refractivity contribution < 1.29 is 0 Å². The number of aryl methyl sites for hydroxylation is 1. The van der Waals surface area contributed by atoms with Gasteiger partial charge in [0, 0.05) is 13.6 Å². The van der Waals surface area contributed by atoms with Crippen molar-refractivity contribution in [3.8, 4) is 0 Å². The first kappa shape index (κ1) is 8.22. The van der Waals surface area contributed by atoms with Crippen molar-refractivity contribution in [3.05, 3.63) is 12.2 Å². The zero-order valence-electron chi connectivity index (χ0n) is 7.64. The zero-order valence-corrected chi connectivity index (χ0v) is 7.64.